The maximum atomic E-state index is 11.9. The number of hydrogen-bond acceptors (Lipinski definition) is 3. The summed E-state index contributed by atoms with van der Waals surface area (Å²) in [6, 6.07) is 10.5. The van der Waals surface area contributed by atoms with Crippen LogP contribution < -0.4 is 5.32 Å². The molecule has 0 saturated carbocycles. The standard InChI is InChI=1S/C12H10F3N3O2/c13-12(14,15)8-20-11(19)16-10-6-7-18(17-10)9-4-2-1-3-5-9/h1-7H,8H2,(H,16,17,19). The van der Waals surface area contributed by atoms with Gasteiger partial charge in [0.15, 0.2) is 12.4 Å². The van der Waals surface area contributed by atoms with Gasteiger partial charge < -0.3 is 4.74 Å². The molecule has 106 valence electrons. The Bertz CT molecular complexity index is 581. The number of nitrogens with zero attached hydrogens (tertiary/aromatic N) is 2. The molecule has 20 heavy (non-hydrogen) atoms. The molecule has 2 aromatic rings. The molecular formula is C12H10F3N3O2. The lowest BCUT2D eigenvalue weighted by Crippen LogP contribution is -2.23. The molecule has 0 radical (unpaired) electrons. The maximum absolute atomic E-state index is 11.9. The first-order chi connectivity index (χ1) is 9.44. The van der Waals surface area contributed by atoms with Crippen molar-refractivity contribution in [2.24, 2.45) is 0 Å². The van der Waals surface area contributed by atoms with Crippen molar-refractivity contribution in [1.82, 2.24) is 9.78 Å². The zero-order valence-corrected chi connectivity index (χ0v) is 10.1. The van der Waals surface area contributed by atoms with Gasteiger partial charge in [-0.05, 0) is 12.1 Å². The van der Waals surface area contributed by atoms with Crippen LogP contribution in [0.15, 0.2) is 42.6 Å². The van der Waals surface area contributed by atoms with Gasteiger partial charge >= 0.3 is 12.3 Å². The molecule has 2 rings (SSSR count). The molecule has 1 heterocycles. The highest BCUT2D eigenvalue weighted by Gasteiger charge is 2.29. The highest BCUT2D eigenvalue weighted by molar-refractivity contribution is 5.83. The van der Waals surface area contributed by atoms with E-state index in [1.54, 1.807) is 18.3 Å². The van der Waals surface area contributed by atoms with Gasteiger partial charge in [0.05, 0.1) is 5.69 Å². The number of carbonyl (C=O) groups is 1. The van der Waals surface area contributed by atoms with Crippen LogP contribution >= 0.6 is 0 Å². The predicted molar refractivity (Wildman–Crippen MR) is 64.6 cm³/mol. The molecule has 1 aromatic heterocycles. The molecule has 1 aromatic carbocycles. The summed E-state index contributed by atoms with van der Waals surface area (Å²) in [4.78, 5) is 11.1. The number of rotatable bonds is 3. The summed E-state index contributed by atoms with van der Waals surface area (Å²) in [6.07, 6.45) is -4.20. The number of benzene rings is 1. The monoisotopic (exact) mass is 285 g/mol. The van der Waals surface area contributed by atoms with Gasteiger partial charge in [0.25, 0.3) is 0 Å². The molecule has 0 aliphatic rings. The second kappa shape index (κ2) is 5.64. The van der Waals surface area contributed by atoms with Crippen LogP contribution in [0.5, 0.6) is 0 Å². The van der Waals surface area contributed by atoms with Crippen LogP contribution in [-0.2, 0) is 4.74 Å². The summed E-state index contributed by atoms with van der Waals surface area (Å²) in [7, 11) is 0. The topological polar surface area (TPSA) is 56.2 Å². The van der Waals surface area contributed by atoms with E-state index in [2.05, 4.69) is 15.2 Å². The van der Waals surface area contributed by atoms with Crippen molar-refractivity contribution in [3.8, 4) is 5.69 Å². The highest BCUT2D eigenvalue weighted by Crippen LogP contribution is 2.15. The van der Waals surface area contributed by atoms with E-state index in [1.807, 2.05) is 18.2 Å². The Morgan fingerprint density at radius 2 is 1.95 bits per heavy atom. The normalized spacial score (nSPS) is 11.2. The van der Waals surface area contributed by atoms with Crippen molar-refractivity contribution >= 4 is 11.9 Å². The number of anilines is 1. The van der Waals surface area contributed by atoms with Crippen molar-refractivity contribution in [1.29, 1.82) is 0 Å². The Morgan fingerprint density at radius 3 is 2.60 bits per heavy atom. The second-order valence-electron chi connectivity index (χ2n) is 3.80. The predicted octanol–water partition coefficient (Wildman–Crippen LogP) is 2.98. The van der Waals surface area contributed by atoms with Gasteiger partial charge in [0.1, 0.15) is 0 Å². The summed E-state index contributed by atoms with van der Waals surface area (Å²) < 4.78 is 41.0. The fourth-order valence-corrected chi connectivity index (χ4v) is 1.40. The lowest BCUT2D eigenvalue weighted by Gasteiger charge is -2.07. The third kappa shape index (κ3) is 4.01. The zero-order valence-electron chi connectivity index (χ0n) is 10.1. The minimum absolute atomic E-state index is 0.0982. The lowest BCUT2D eigenvalue weighted by atomic mass is 10.3. The first kappa shape index (κ1) is 13.9. The Balaban J connectivity index is 1.95. The molecule has 0 fully saturated rings. The van der Waals surface area contributed by atoms with E-state index in [4.69, 9.17) is 0 Å². The van der Waals surface area contributed by atoms with Gasteiger partial charge in [-0.15, -0.1) is 5.10 Å². The van der Waals surface area contributed by atoms with E-state index < -0.39 is 18.9 Å². The van der Waals surface area contributed by atoms with Gasteiger partial charge in [-0.25, -0.2) is 9.48 Å². The smallest absolute Gasteiger partial charge is 0.422 e. The van der Waals surface area contributed by atoms with Crippen LogP contribution in [0.4, 0.5) is 23.8 Å². The molecule has 0 bridgehead atoms. The van der Waals surface area contributed by atoms with Gasteiger partial charge in [-0.2, -0.15) is 13.2 Å². The molecule has 0 aliphatic carbocycles. The number of carbonyl (C=O) groups excluding carboxylic acids is 1. The van der Waals surface area contributed by atoms with Gasteiger partial charge in [0, 0.05) is 12.3 Å². The van der Waals surface area contributed by atoms with Crippen LogP contribution in [0.1, 0.15) is 0 Å². The molecule has 0 saturated heterocycles. The number of nitrogens with one attached hydrogen (secondary N) is 1. The van der Waals surface area contributed by atoms with E-state index in [9.17, 15) is 18.0 Å². The fraction of sp³-hybridized carbons (Fsp3) is 0.167. The minimum atomic E-state index is -4.55. The largest absolute Gasteiger partial charge is 0.440 e. The van der Waals surface area contributed by atoms with Gasteiger partial charge in [0.2, 0.25) is 0 Å². The summed E-state index contributed by atoms with van der Waals surface area (Å²) >= 11 is 0. The summed E-state index contributed by atoms with van der Waals surface area (Å²) in [5, 5.41) is 6.10. The third-order valence-electron chi connectivity index (χ3n) is 2.21. The number of halogens is 3. The Kier molecular flexibility index (Phi) is 3.92. The molecule has 5 nitrogen and oxygen atoms in total. The molecule has 1 N–H and O–H groups in total. The average Bonchev–Trinajstić information content (AvgIpc) is 2.85. The molecule has 0 spiro atoms. The van der Waals surface area contributed by atoms with Crippen LogP contribution in [0.25, 0.3) is 5.69 Å². The second-order valence-corrected chi connectivity index (χ2v) is 3.80. The molecular weight excluding hydrogens is 275 g/mol. The third-order valence-corrected chi connectivity index (χ3v) is 2.21. The number of ether oxygens (including phenoxy) is 1. The average molecular weight is 285 g/mol. The van der Waals surface area contributed by atoms with E-state index in [-0.39, 0.29) is 5.82 Å². The molecule has 0 unspecified atom stereocenters. The number of amides is 1. The van der Waals surface area contributed by atoms with E-state index in [0.29, 0.717) is 0 Å². The Hall–Kier alpha value is -2.51. The minimum Gasteiger partial charge on any atom is -0.440 e. The Labute approximate surface area is 112 Å². The number of aromatic nitrogens is 2. The van der Waals surface area contributed by atoms with E-state index >= 15 is 0 Å². The van der Waals surface area contributed by atoms with Crippen molar-refractivity contribution in [2.45, 2.75) is 6.18 Å². The van der Waals surface area contributed by atoms with Crippen LogP contribution in [-0.4, -0.2) is 28.7 Å². The quantitative estimate of drug-likeness (QED) is 0.943. The Morgan fingerprint density at radius 1 is 1.25 bits per heavy atom. The van der Waals surface area contributed by atoms with E-state index in [1.165, 1.54) is 10.7 Å². The van der Waals surface area contributed by atoms with Crippen LogP contribution in [0.3, 0.4) is 0 Å². The van der Waals surface area contributed by atoms with Gasteiger partial charge in [-0.1, -0.05) is 18.2 Å². The molecule has 8 heteroatoms. The summed E-state index contributed by atoms with van der Waals surface area (Å²) in [6.45, 7) is -1.64. The maximum Gasteiger partial charge on any atom is 0.422 e. The molecule has 0 aliphatic heterocycles. The number of hydrogen-bond donors (Lipinski definition) is 1. The van der Waals surface area contributed by atoms with Crippen molar-refractivity contribution in [3.63, 3.8) is 0 Å². The van der Waals surface area contributed by atoms with Crippen molar-refractivity contribution < 1.29 is 22.7 Å². The van der Waals surface area contributed by atoms with Gasteiger partial charge in [-0.3, -0.25) is 5.32 Å². The lowest BCUT2D eigenvalue weighted by molar-refractivity contribution is -0.159. The van der Waals surface area contributed by atoms with Crippen LogP contribution in [0.2, 0.25) is 0 Å². The number of para-hydroxylation sites is 1. The highest BCUT2D eigenvalue weighted by atomic mass is 19.4. The number of alkyl halides is 3. The zero-order chi connectivity index (χ0) is 14.6. The van der Waals surface area contributed by atoms with Crippen molar-refractivity contribution in [2.75, 3.05) is 11.9 Å². The van der Waals surface area contributed by atoms with Crippen LogP contribution in [0, 0.1) is 0 Å². The first-order valence-electron chi connectivity index (χ1n) is 5.56. The molecule has 0 atom stereocenters. The summed E-state index contributed by atoms with van der Waals surface area (Å²) in [5.74, 6) is 0.0982. The van der Waals surface area contributed by atoms with Crippen molar-refractivity contribution in [3.05, 3.63) is 42.6 Å². The van der Waals surface area contributed by atoms with E-state index in [0.717, 1.165) is 5.69 Å². The molecule has 1 amide bonds. The first-order valence-corrected chi connectivity index (χ1v) is 5.56. The summed E-state index contributed by atoms with van der Waals surface area (Å²) in [5.41, 5.74) is 0.754. The fourth-order valence-electron chi connectivity index (χ4n) is 1.40. The SMILES string of the molecule is O=C(Nc1ccn(-c2ccccc2)n1)OCC(F)(F)F.